The number of fused-ring (bicyclic) bond motifs is 1. The Morgan fingerprint density at radius 1 is 1.00 bits per heavy atom. The van der Waals surface area contributed by atoms with Crippen LogP contribution >= 0.6 is 0 Å². The van der Waals surface area contributed by atoms with Gasteiger partial charge < -0.3 is 14.6 Å². The summed E-state index contributed by atoms with van der Waals surface area (Å²) in [6.07, 6.45) is 7.40. The van der Waals surface area contributed by atoms with Crippen molar-refractivity contribution in [1.29, 1.82) is 0 Å². The molecule has 80 valence electrons. The lowest BCUT2D eigenvalue weighted by molar-refractivity contribution is -0.205. The predicted molar refractivity (Wildman–Crippen MR) is 50.8 cm³/mol. The number of aliphatic hydroxyl groups is 1. The van der Waals surface area contributed by atoms with Crippen molar-refractivity contribution in [2.24, 2.45) is 0 Å². The molecule has 3 nitrogen and oxygen atoms in total. The van der Waals surface area contributed by atoms with Crippen molar-refractivity contribution >= 4 is 0 Å². The molecule has 1 heterocycles. The van der Waals surface area contributed by atoms with E-state index in [4.69, 9.17) is 9.47 Å². The van der Waals surface area contributed by atoms with E-state index < -0.39 is 0 Å². The maximum absolute atomic E-state index is 9.71. The molecule has 0 aromatic carbocycles. The molecular formula is C11H18O3. The SMILES string of the molecule is OC1CCC2OC3(CCCCC3)OC12. The van der Waals surface area contributed by atoms with Crippen LogP contribution in [0.5, 0.6) is 0 Å². The first-order valence-electron chi connectivity index (χ1n) is 5.83. The minimum Gasteiger partial charge on any atom is -0.390 e. The summed E-state index contributed by atoms with van der Waals surface area (Å²) >= 11 is 0. The quantitative estimate of drug-likeness (QED) is 0.642. The van der Waals surface area contributed by atoms with Gasteiger partial charge in [-0.25, -0.2) is 0 Å². The summed E-state index contributed by atoms with van der Waals surface area (Å²) in [5, 5.41) is 9.71. The zero-order valence-electron chi connectivity index (χ0n) is 8.45. The molecule has 3 unspecified atom stereocenters. The molecule has 0 aromatic rings. The highest BCUT2D eigenvalue weighted by molar-refractivity contribution is 4.95. The van der Waals surface area contributed by atoms with Gasteiger partial charge in [-0.2, -0.15) is 0 Å². The highest BCUT2D eigenvalue weighted by atomic mass is 16.8. The molecule has 3 heteroatoms. The number of aliphatic hydroxyl groups excluding tert-OH is 1. The minimum absolute atomic E-state index is 0.0342. The lowest BCUT2D eigenvalue weighted by Gasteiger charge is -2.32. The third kappa shape index (κ3) is 1.30. The van der Waals surface area contributed by atoms with Gasteiger partial charge in [0, 0.05) is 12.8 Å². The largest absolute Gasteiger partial charge is 0.390 e. The number of ether oxygens (including phenoxy) is 2. The molecule has 0 aromatic heterocycles. The summed E-state index contributed by atoms with van der Waals surface area (Å²) in [5.41, 5.74) is 0. The van der Waals surface area contributed by atoms with Gasteiger partial charge in [0.05, 0.1) is 12.2 Å². The van der Waals surface area contributed by atoms with Crippen molar-refractivity contribution < 1.29 is 14.6 Å². The van der Waals surface area contributed by atoms with E-state index in [0.29, 0.717) is 0 Å². The third-order valence-corrected chi connectivity index (χ3v) is 3.82. The molecule has 1 spiro atoms. The Bertz CT molecular complexity index is 223. The molecule has 14 heavy (non-hydrogen) atoms. The van der Waals surface area contributed by atoms with E-state index in [2.05, 4.69) is 0 Å². The predicted octanol–water partition coefficient (Wildman–Crippen LogP) is 1.59. The van der Waals surface area contributed by atoms with Crippen LogP contribution in [0.25, 0.3) is 0 Å². The normalized spacial score (nSPS) is 45.6. The molecule has 2 aliphatic carbocycles. The zero-order chi connectivity index (χ0) is 9.60. The average Bonchev–Trinajstić information content (AvgIpc) is 2.68. The maximum Gasteiger partial charge on any atom is 0.169 e. The second-order valence-corrected chi connectivity index (χ2v) is 4.85. The Balaban J connectivity index is 1.74. The Labute approximate surface area is 84.4 Å². The van der Waals surface area contributed by atoms with Crippen molar-refractivity contribution in [2.45, 2.75) is 69.0 Å². The summed E-state index contributed by atoms with van der Waals surface area (Å²) in [4.78, 5) is 0. The smallest absolute Gasteiger partial charge is 0.169 e. The zero-order valence-corrected chi connectivity index (χ0v) is 8.45. The Morgan fingerprint density at radius 2 is 1.79 bits per heavy atom. The molecule has 3 aliphatic rings. The van der Waals surface area contributed by atoms with Gasteiger partial charge in [-0.1, -0.05) is 6.42 Å². The van der Waals surface area contributed by atoms with Gasteiger partial charge in [0.1, 0.15) is 6.10 Å². The monoisotopic (exact) mass is 198 g/mol. The Morgan fingerprint density at radius 3 is 2.50 bits per heavy atom. The standard InChI is InChI=1S/C11H18O3/c12-8-4-5-9-10(8)14-11(13-9)6-2-1-3-7-11/h8-10,12H,1-7H2. The number of hydrogen-bond acceptors (Lipinski definition) is 3. The van der Waals surface area contributed by atoms with E-state index >= 15 is 0 Å². The number of rotatable bonds is 0. The van der Waals surface area contributed by atoms with Crippen LogP contribution < -0.4 is 0 Å². The van der Waals surface area contributed by atoms with Crippen molar-refractivity contribution in [3.63, 3.8) is 0 Å². The lowest BCUT2D eigenvalue weighted by atomic mass is 9.94. The summed E-state index contributed by atoms with van der Waals surface area (Å²) in [6, 6.07) is 0. The van der Waals surface area contributed by atoms with Gasteiger partial charge in [0.15, 0.2) is 5.79 Å². The number of hydrogen-bond donors (Lipinski definition) is 1. The first-order chi connectivity index (χ1) is 6.79. The summed E-state index contributed by atoms with van der Waals surface area (Å²) in [7, 11) is 0. The van der Waals surface area contributed by atoms with Crippen molar-refractivity contribution in [1.82, 2.24) is 0 Å². The average molecular weight is 198 g/mol. The van der Waals surface area contributed by atoms with E-state index in [1.165, 1.54) is 19.3 Å². The molecule has 0 bridgehead atoms. The second kappa shape index (κ2) is 3.19. The van der Waals surface area contributed by atoms with Gasteiger partial charge in [0.25, 0.3) is 0 Å². The van der Waals surface area contributed by atoms with E-state index in [0.717, 1.165) is 25.7 Å². The molecule has 2 saturated carbocycles. The van der Waals surface area contributed by atoms with E-state index in [1.807, 2.05) is 0 Å². The molecule has 3 rings (SSSR count). The molecule has 1 N–H and O–H groups in total. The molecule has 0 amide bonds. The van der Waals surface area contributed by atoms with Crippen LogP contribution in [0.15, 0.2) is 0 Å². The minimum atomic E-state index is -0.311. The fourth-order valence-corrected chi connectivity index (χ4v) is 3.07. The molecule has 3 fully saturated rings. The van der Waals surface area contributed by atoms with Gasteiger partial charge in [-0.15, -0.1) is 0 Å². The molecule has 1 aliphatic heterocycles. The highest BCUT2D eigenvalue weighted by Gasteiger charge is 2.52. The van der Waals surface area contributed by atoms with Gasteiger partial charge >= 0.3 is 0 Å². The maximum atomic E-state index is 9.71. The van der Waals surface area contributed by atoms with Crippen molar-refractivity contribution in [3.05, 3.63) is 0 Å². The fourth-order valence-electron chi connectivity index (χ4n) is 3.07. The Hall–Kier alpha value is -0.120. The van der Waals surface area contributed by atoms with Crippen molar-refractivity contribution in [2.75, 3.05) is 0 Å². The Kier molecular flexibility index (Phi) is 2.08. The van der Waals surface area contributed by atoms with Crippen molar-refractivity contribution in [3.8, 4) is 0 Å². The van der Waals surface area contributed by atoms with Crippen LogP contribution in [0.4, 0.5) is 0 Å². The molecule has 3 atom stereocenters. The van der Waals surface area contributed by atoms with Crippen LogP contribution in [0.1, 0.15) is 44.9 Å². The van der Waals surface area contributed by atoms with Crippen LogP contribution in [0.2, 0.25) is 0 Å². The van der Waals surface area contributed by atoms with Gasteiger partial charge in [-0.3, -0.25) is 0 Å². The lowest BCUT2D eigenvalue weighted by Crippen LogP contribution is -2.35. The van der Waals surface area contributed by atoms with E-state index in [1.54, 1.807) is 0 Å². The van der Waals surface area contributed by atoms with Gasteiger partial charge in [0.2, 0.25) is 0 Å². The van der Waals surface area contributed by atoms with Crippen LogP contribution in [-0.4, -0.2) is 29.2 Å². The topological polar surface area (TPSA) is 38.7 Å². The fraction of sp³-hybridized carbons (Fsp3) is 1.00. The van der Waals surface area contributed by atoms with Crippen LogP contribution in [0.3, 0.4) is 0 Å². The van der Waals surface area contributed by atoms with Crippen LogP contribution in [-0.2, 0) is 9.47 Å². The van der Waals surface area contributed by atoms with Crippen LogP contribution in [0, 0.1) is 0 Å². The summed E-state index contributed by atoms with van der Waals surface area (Å²) < 4.78 is 12.0. The highest BCUT2D eigenvalue weighted by Crippen LogP contribution is 2.45. The summed E-state index contributed by atoms with van der Waals surface area (Å²) in [5.74, 6) is -0.311. The third-order valence-electron chi connectivity index (χ3n) is 3.82. The van der Waals surface area contributed by atoms with Gasteiger partial charge in [-0.05, 0) is 25.7 Å². The first-order valence-corrected chi connectivity index (χ1v) is 5.83. The van der Waals surface area contributed by atoms with E-state index in [-0.39, 0.29) is 24.1 Å². The summed E-state index contributed by atoms with van der Waals surface area (Å²) in [6.45, 7) is 0. The van der Waals surface area contributed by atoms with E-state index in [9.17, 15) is 5.11 Å². The molecule has 0 radical (unpaired) electrons. The molecular weight excluding hydrogens is 180 g/mol. The molecule has 1 saturated heterocycles. The first kappa shape index (κ1) is 9.13. The second-order valence-electron chi connectivity index (χ2n) is 4.85.